The van der Waals surface area contributed by atoms with Crippen molar-refractivity contribution in [1.29, 1.82) is 0 Å². The van der Waals surface area contributed by atoms with Gasteiger partial charge in [-0.15, -0.1) is 11.3 Å². The highest BCUT2D eigenvalue weighted by Gasteiger charge is 2.22. The molecule has 0 bridgehead atoms. The van der Waals surface area contributed by atoms with Gasteiger partial charge in [0, 0.05) is 6.54 Å². The number of thiophene rings is 1. The minimum absolute atomic E-state index is 0.0568. The summed E-state index contributed by atoms with van der Waals surface area (Å²) in [6.45, 7) is 0.925. The highest BCUT2D eigenvalue weighted by atomic mass is 32.1. The Balaban J connectivity index is 1.55. The molecule has 110 valence electrons. The summed E-state index contributed by atoms with van der Waals surface area (Å²) in [7, 11) is 0. The van der Waals surface area contributed by atoms with Crippen LogP contribution in [0.25, 0.3) is 0 Å². The van der Waals surface area contributed by atoms with Crippen LogP contribution in [0, 0.1) is 5.92 Å². The van der Waals surface area contributed by atoms with Crippen LogP contribution in [0.5, 0.6) is 0 Å². The molecule has 20 heavy (non-hydrogen) atoms. The molecule has 0 atom stereocenters. The standard InChI is InChI=1S/C15H21NO3S/c17-14(13-8-4-11-20-13)16-9-5-10-19-15(18)12-6-2-1-3-7-12/h4,8,11-12H,1-3,5-7,9-10H2,(H,16,17). The van der Waals surface area contributed by atoms with Crippen LogP contribution in [0.3, 0.4) is 0 Å². The molecule has 1 heterocycles. The van der Waals surface area contributed by atoms with Crippen molar-refractivity contribution in [2.75, 3.05) is 13.2 Å². The van der Waals surface area contributed by atoms with Crippen molar-refractivity contribution in [2.45, 2.75) is 38.5 Å². The predicted octanol–water partition coefficient (Wildman–Crippen LogP) is 2.99. The summed E-state index contributed by atoms with van der Waals surface area (Å²) in [6, 6.07) is 3.65. The molecular weight excluding hydrogens is 274 g/mol. The third-order valence-electron chi connectivity index (χ3n) is 3.53. The van der Waals surface area contributed by atoms with Gasteiger partial charge in [-0.3, -0.25) is 9.59 Å². The van der Waals surface area contributed by atoms with E-state index in [-0.39, 0.29) is 17.8 Å². The molecule has 0 aromatic carbocycles. The van der Waals surface area contributed by atoms with Crippen molar-refractivity contribution in [3.8, 4) is 0 Å². The predicted molar refractivity (Wildman–Crippen MR) is 78.8 cm³/mol. The topological polar surface area (TPSA) is 55.4 Å². The van der Waals surface area contributed by atoms with Gasteiger partial charge in [-0.2, -0.15) is 0 Å². The lowest BCUT2D eigenvalue weighted by Crippen LogP contribution is -2.26. The fraction of sp³-hybridized carbons (Fsp3) is 0.600. The highest BCUT2D eigenvalue weighted by molar-refractivity contribution is 7.12. The van der Waals surface area contributed by atoms with Gasteiger partial charge >= 0.3 is 5.97 Å². The van der Waals surface area contributed by atoms with Gasteiger partial charge in [0.15, 0.2) is 0 Å². The molecule has 0 spiro atoms. The normalized spacial score (nSPS) is 15.8. The zero-order valence-electron chi connectivity index (χ0n) is 11.6. The molecule has 5 heteroatoms. The van der Waals surface area contributed by atoms with Crippen LogP contribution in [0.1, 0.15) is 48.2 Å². The number of esters is 1. The summed E-state index contributed by atoms with van der Waals surface area (Å²) in [5, 5.41) is 4.69. The average Bonchev–Trinajstić information content (AvgIpc) is 3.01. The van der Waals surface area contributed by atoms with Gasteiger partial charge in [-0.25, -0.2) is 0 Å². The summed E-state index contributed by atoms with van der Waals surface area (Å²) < 4.78 is 5.27. The lowest BCUT2D eigenvalue weighted by atomic mass is 9.89. The van der Waals surface area contributed by atoms with Crippen LogP contribution >= 0.6 is 11.3 Å². The first-order chi connectivity index (χ1) is 9.77. The number of carbonyl (C=O) groups excluding carboxylic acids is 2. The number of hydrogen-bond acceptors (Lipinski definition) is 4. The summed E-state index contributed by atoms with van der Waals surface area (Å²) >= 11 is 1.42. The molecule has 0 aliphatic heterocycles. The summed E-state index contributed by atoms with van der Waals surface area (Å²) in [4.78, 5) is 24.1. The third-order valence-corrected chi connectivity index (χ3v) is 4.40. The van der Waals surface area contributed by atoms with Crippen LogP contribution in [-0.4, -0.2) is 25.0 Å². The second-order valence-corrected chi connectivity index (χ2v) is 6.04. The smallest absolute Gasteiger partial charge is 0.308 e. The quantitative estimate of drug-likeness (QED) is 0.648. The molecule has 0 radical (unpaired) electrons. The van der Waals surface area contributed by atoms with E-state index in [9.17, 15) is 9.59 Å². The molecule has 1 aromatic heterocycles. The fourth-order valence-corrected chi connectivity index (χ4v) is 3.04. The van der Waals surface area contributed by atoms with Crippen LogP contribution in [-0.2, 0) is 9.53 Å². The van der Waals surface area contributed by atoms with Crippen molar-refractivity contribution in [3.63, 3.8) is 0 Å². The SMILES string of the molecule is O=C(NCCCOC(=O)C1CCCCC1)c1cccs1. The second kappa shape index (κ2) is 8.04. The van der Waals surface area contributed by atoms with Crippen LogP contribution in [0.4, 0.5) is 0 Å². The Bertz CT molecular complexity index is 424. The Morgan fingerprint density at radius 2 is 2.10 bits per heavy atom. The van der Waals surface area contributed by atoms with Crippen molar-refractivity contribution < 1.29 is 14.3 Å². The third kappa shape index (κ3) is 4.63. The van der Waals surface area contributed by atoms with Crippen molar-refractivity contribution >= 4 is 23.2 Å². The molecule has 1 aliphatic rings. The first-order valence-corrected chi connectivity index (χ1v) is 8.13. The maximum atomic E-state index is 11.8. The zero-order valence-corrected chi connectivity index (χ0v) is 12.4. The molecule has 4 nitrogen and oxygen atoms in total. The minimum Gasteiger partial charge on any atom is -0.465 e. The summed E-state index contributed by atoms with van der Waals surface area (Å²) in [6.07, 6.45) is 6.10. The maximum Gasteiger partial charge on any atom is 0.308 e. The highest BCUT2D eigenvalue weighted by Crippen LogP contribution is 2.24. The van der Waals surface area contributed by atoms with Crippen LogP contribution in [0.15, 0.2) is 17.5 Å². The van der Waals surface area contributed by atoms with Gasteiger partial charge in [0.1, 0.15) is 0 Å². The van der Waals surface area contributed by atoms with Crippen molar-refractivity contribution in [2.24, 2.45) is 5.92 Å². The van der Waals surface area contributed by atoms with E-state index in [2.05, 4.69) is 5.32 Å². The first-order valence-electron chi connectivity index (χ1n) is 7.25. The monoisotopic (exact) mass is 295 g/mol. The minimum atomic E-state index is -0.0608. The van der Waals surface area contributed by atoms with E-state index in [4.69, 9.17) is 4.74 Å². The van der Waals surface area contributed by atoms with E-state index in [1.807, 2.05) is 11.4 Å². The number of amides is 1. The van der Waals surface area contributed by atoms with Gasteiger partial charge < -0.3 is 10.1 Å². The maximum absolute atomic E-state index is 11.8. The Labute approximate surface area is 123 Å². The van der Waals surface area contributed by atoms with Crippen LogP contribution in [0.2, 0.25) is 0 Å². The molecule has 0 saturated heterocycles. The van der Waals surface area contributed by atoms with E-state index in [1.54, 1.807) is 6.07 Å². The number of nitrogens with one attached hydrogen (secondary N) is 1. The Hall–Kier alpha value is -1.36. The number of carbonyl (C=O) groups is 2. The molecule has 1 aromatic rings. The van der Waals surface area contributed by atoms with Gasteiger partial charge in [0.05, 0.1) is 17.4 Å². The number of ether oxygens (including phenoxy) is 1. The Kier molecular flexibility index (Phi) is 6.05. The molecular formula is C15H21NO3S. The molecule has 1 aliphatic carbocycles. The Morgan fingerprint density at radius 1 is 1.30 bits per heavy atom. The van der Waals surface area contributed by atoms with E-state index >= 15 is 0 Å². The molecule has 1 saturated carbocycles. The van der Waals surface area contributed by atoms with E-state index in [1.165, 1.54) is 17.8 Å². The summed E-state index contributed by atoms with van der Waals surface area (Å²) in [5.41, 5.74) is 0. The zero-order chi connectivity index (χ0) is 14.2. The van der Waals surface area contributed by atoms with E-state index in [0.717, 1.165) is 25.7 Å². The lowest BCUT2D eigenvalue weighted by molar-refractivity contribution is -0.149. The molecule has 1 amide bonds. The second-order valence-electron chi connectivity index (χ2n) is 5.09. The molecule has 2 rings (SSSR count). The van der Waals surface area contributed by atoms with Crippen LogP contribution < -0.4 is 5.32 Å². The molecule has 1 fully saturated rings. The largest absolute Gasteiger partial charge is 0.465 e. The van der Waals surface area contributed by atoms with Crippen molar-refractivity contribution in [1.82, 2.24) is 5.32 Å². The van der Waals surface area contributed by atoms with Gasteiger partial charge in [0.2, 0.25) is 0 Å². The first kappa shape index (κ1) is 15.0. The fourth-order valence-electron chi connectivity index (χ4n) is 2.40. The average molecular weight is 295 g/mol. The lowest BCUT2D eigenvalue weighted by Gasteiger charge is -2.19. The number of hydrogen-bond donors (Lipinski definition) is 1. The Morgan fingerprint density at radius 3 is 2.80 bits per heavy atom. The molecule has 0 unspecified atom stereocenters. The van der Waals surface area contributed by atoms with Gasteiger partial charge in [-0.05, 0) is 30.7 Å². The van der Waals surface area contributed by atoms with Gasteiger partial charge in [0.25, 0.3) is 5.91 Å². The van der Waals surface area contributed by atoms with Gasteiger partial charge in [-0.1, -0.05) is 25.3 Å². The molecule has 1 N–H and O–H groups in total. The van der Waals surface area contributed by atoms with E-state index < -0.39 is 0 Å². The van der Waals surface area contributed by atoms with E-state index in [0.29, 0.717) is 24.4 Å². The van der Waals surface area contributed by atoms with Crippen molar-refractivity contribution in [3.05, 3.63) is 22.4 Å². The number of rotatable bonds is 6. The summed E-state index contributed by atoms with van der Waals surface area (Å²) in [5.74, 6) is -0.0163.